The van der Waals surface area contributed by atoms with Crippen molar-refractivity contribution in [3.05, 3.63) is 102 Å². The van der Waals surface area contributed by atoms with Crippen LogP contribution in [0.2, 0.25) is 0 Å². The smallest absolute Gasteiger partial charge is 0.406 e. The molecule has 0 saturated carbocycles. The van der Waals surface area contributed by atoms with Crippen LogP contribution < -0.4 is 10.5 Å². The number of alkyl halides is 3. The molecule has 0 bridgehead atoms. The van der Waals surface area contributed by atoms with Crippen molar-refractivity contribution in [2.75, 3.05) is 6.54 Å². The monoisotopic (exact) mass is 456 g/mol. The van der Waals surface area contributed by atoms with E-state index in [-0.39, 0.29) is 12.3 Å². The van der Waals surface area contributed by atoms with Gasteiger partial charge in [0.15, 0.2) is 0 Å². The van der Waals surface area contributed by atoms with Gasteiger partial charge in [-0.15, -0.1) is 13.2 Å². The number of aryl methyl sites for hydroxylation is 1. The first-order chi connectivity index (χ1) is 15.7. The van der Waals surface area contributed by atoms with Crippen molar-refractivity contribution in [2.45, 2.75) is 25.2 Å². The van der Waals surface area contributed by atoms with Gasteiger partial charge in [-0.05, 0) is 48.2 Å². The molecule has 0 fully saturated rings. The van der Waals surface area contributed by atoms with Gasteiger partial charge < -0.3 is 15.4 Å². The maximum Gasteiger partial charge on any atom is 0.573 e. The van der Waals surface area contributed by atoms with Crippen LogP contribution in [0.4, 0.5) is 13.2 Å². The van der Waals surface area contributed by atoms with Gasteiger partial charge in [-0.2, -0.15) is 0 Å². The molecule has 3 aromatic carbocycles. The minimum atomic E-state index is -4.81. The molecule has 1 aliphatic rings. The van der Waals surface area contributed by atoms with E-state index >= 15 is 0 Å². The molecule has 172 valence electrons. The zero-order valence-corrected chi connectivity index (χ0v) is 17.7. The molecule has 1 atom stereocenters. The quantitative estimate of drug-likeness (QED) is 0.594. The van der Waals surface area contributed by atoms with E-state index in [4.69, 9.17) is 5.73 Å². The fraction of sp³-hybridized carbons (Fsp3) is 0.200. The lowest BCUT2D eigenvalue weighted by atomic mass is 10.0. The molecule has 2 amide bonds. The van der Waals surface area contributed by atoms with Crippen molar-refractivity contribution in [2.24, 2.45) is 5.73 Å². The first kappa shape index (κ1) is 23.8. The highest BCUT2D eigenvalue weighted by Gasteiger charge is 2.35. The van der Waals surface area contributed by atoms with Crippen molar-refractivity contribution in [1.29, 1.82) is 0 Å². The SMILES string of the molecule is NC(=O)CN(C(=O)c1ccccc1)[C@@H]1CCc2ccc(OC(F)(F)F)cc21.c1ccccc1. The van der Waals surface area contributed by atoms with Crippen molar-refractivity contribution in [3.63, 3.8) is 0 Å². The third kappa shape index (κ3) is 6.83. The summed E-state index contributed by atoms with van der Waals surface area (Å²) in [6.07, 6.45) is -3.75. The number of ether oxygens (including phenoxy) is 1. The molecule has 33 heavy (non-hydrogen) atoms. The Hall–Kier alpha value is -3.81. The number of primary amides is 1. The Kier molecular flexibility index (Phi) is 7.71. The highest BCUT2D eigenvalue weighted by Crippen LogP contribution is 2.39. The Morgan fingerprint density at radius 1 is 0.939 bits per heavy atom. The van der Waals surface area contributed by atoms with Crippen molar-refractivity contribution in [1.82, 2.24) is 4.90 Å². The highest BCUT2D eigenvalue weighted by molar-refractivity contribution is 5.96. The molecule has 0 spiro atoms. The number of nitrogens with two attached hydrogens (primary N) is 1. The first-order valence-electron chi connectivity index (χ1n) is 10.3. The molecule has 0 radical (unpaired) electrons. The van der Waals surface area contributed by atoms with E-state index in [1.165, 1.54) is 17.0 Å². The van der Waals surface area contributed by atoms with Gasteiger partial charge in [0.2, 0.25) is 5.91 Å². The average molecular weight is 456 g/mol. The Labute approximate surface area is 189 Å². The summed E-state index contributed by atoms with van der Waals surface area (Å²) in [5.41, 5.74) is 7.01. The predicted molar refractivity (Wildman–Crippen MR) is 117 cm³/mol. The highest BCUT2D eigenvalue weighted by atomic mass is 19.4. The molecule has 3 aromatic rings. The second kappa shape index (κ2) is 10.7. The lowest BCUT2D eigenvalue weighted by Gasteiger charge is -2.29. The molecular formula is C25H23F3N2O3. The maximum atomic E-state index is 12.9. The summed E-state index contributed by atoms with van der Waals surface area (Å²) >= 11 is 0. The Morgan fingerprint density at radius 2 is 1.52 bits per heavy atom. The summed E-state index contributed by atoms with van der Waals surface area (Å²) in [6.45, 7) is -0.331. The summed E-state index contributed by atoms with van der Waals surface area (Å²) in [7, 11) is 0. The average Bonchev–Trinajstić information content (AvgIpc) is 3.21. The van der Waals surface area contributed by atoms with Gasteiger partial charge >= 0.3 is 6.36 Å². The minimum absolute atomic E-state index is 0.331. The van der Waals surface area contributed by atoms with Gasteiger partial charge in [0.25, 0.3) is 5.91 Å². The number of hydrogen-bond acceptors (Lipinski definition) is 3. The summed E-state index contributed by atoms with van der Waals surface area (Å²) in [4.78, 5) is 25.7. The molecule has 2 N–H and O–H groups in total. The normalized spacial score (nSPS) is 14.5. The Balaban J connectivity index is 0.000000442. The first-order valence-corrected chi connectivity index (χ1v) is 10.3. The summed E-state index contributed by atoms with van der Waals surface area (Å²) in [5, 5.41) is 0. The third-order valence-corrected chi connectivity index (χ3v) is 5.05. The third-order valence-electron chi connectivity index (χ3n) is 5.05. The maximum absolute atomic E-state index is 12.9. The fourth-order valence-electron chi connectivity index (χ4n) is 3.70. The van der Waals surface area contributed by atoms with Crippen molar-refractivity contribution in [3.8, 4) is 5.75 Å². The second-order valence-electron chi connectivity index (χ2n) is 7.38. The van der Waals surface area contributed by atoms with Gasteiger partial charge in [-0.3, -0.25) is 9.59 Å². The largest absolute Gasteiger partial charge is 0.573 e. The fourth-order valence-corrected chi connectivity index (χ4v) is 3.70. The molecular weight excluding hydrogens is 433 g/mol. The molecule has 0 aromatic heterocycles. The molecule has 0 saturated heterocycles. The van der Waals surface area contributed by atoms with Crippen LogP contribution in [0, 0.1) is 0 Å². The number of fused-ring (bicyclic) bond motifs is 1. The zero-order valence-electron chi connectivity index (χ0n) is 17.7. The number of carbonyl (C=O) groups excluding carboxylic acids is 2. The molecule has 0 unspecified atom stereocenters. The molecule has 0 aliphatic heterocycles. The van der Waals surface area contributed by atoms with Crippen LogP contribution in [0.1, 0.15) is 33.9 Å². The van der Waals surface area contributed by atoms with Crippen LogP contribution in [0.25, 0.3) is 0 Å². The van der Waals surface area contributed by atoms with E-state index in [1.807, 2.05) is 36.4 Å². The van der Waals surface area contributed by atoms with Crippen LogP contribution in [0.5, 0.6) is 5.75 Å². The standard InChI is InChI=1S/C19H17F3N2O3.C6H6/c20-19(21,22)27-14-8-6-12-7-9-16(15(12)10-14)24(11-17(23)25)18(26)13-4-2-1-3-5-13;1-2-4-6-5-3-1/h1-6,8,10,16H,7,9,11H2,(H2,23,25);1-6H/t16-;/m1./s1. The van der Waals surface area contributed by atoms with Crippen LogP contribution in [0.3, 0.4) is 0 Å². The number of hydrogen-bond donors (Lipinski definition) is 1. The topological polar surface area (TPSA) is 72.6 Å². The van der Waals surface area contributed by atoms with E-state index in [0.29, 0.717) is 24.0 Å². The molecule has 5 nitrogen and oxygen atoms in total. The van der Waals surface area contributed by atoms with Crippen LogP contribution in [-0.4, -0.2) is 29.6 Å². The van der Waals surface area contributed by atoms with Crippen LogP contribution >= 0.6 is 0 Å². The minimum Gasteiger partial charge on any atom is -0.406 e. The predicted octanol–water partition coefficient (Wildman–Crippen LogP) is 4.89. The number of rotatable bonds is 5. The van der Waals surface area contributed by atoms with E-state index in [2.05, 4.69) is 4.74 Å². The van der Waals surface area contributed by atoms with Gasteiger partial charge in [0.05, 0.1) is 6.04 Å². The van der Waals surface area contributed by atoms with Crippen LogP contribution in [-0.2, 0) is 11.2 Å². The summed E-state index contributed by atoms with van der Waals surface area (Å²) in [6, 6.07) is 23.8. The van der Waals surface area contributed by atoms with Gasteiger partial charge in [-0.1, -0.05) is 60.7 Å². The lowest BCUT2D eigenvalue weighted by molar-refractivity contribution is -0.274. The Bertz CT molecular complexity index is 1050. The number of nitrogens with zero attached hydrogens (tertiary/aromatic N) is 1. The summed E-state index contributed by atoms with van der Waals surface area (Å²) in [5.74, 6) is -1.47. The second-order valence-corrected chi connectivity index (χ2v) is 7.38. The zero-order chi connectivity index (χ0) is 23.8. The molecule has 1 aliphatic carbocycles. The lowest BCUT2D eigenvalue weighted by Crippen LogP contribution is -2.40. The van der Waals surface area contributed by atoms with Crippen molar-refractivity contribution < 1.29 is 27.5 Å². The van der Waals surface area contributed by atoms with Gasteiger partial charge in [0.1, 0.15) is 12.3 Å². The number of benzene rings is 3. The van der Waals surface area contributed by atoms with E-state index in [0.717, 1.165) is 5.56 Å². The number of halogens is 3. The number of carbonyl (C=O) groups is 2. The van der Waals surface area contributed by atoms with E-state index < -0.39 is 24.2 Å². The summed E-state index contributed by atoms with van der Waals surface area (Å²) < 4.78 is 41.6. The van der Waals surface area contributed by atoms with Crippen molar-refractivity contribution >= 4 is 11.8 Å². The molecule has 8 heteroatoms. The van der Waals surface area contributed by atoms with Crippen LogP contribution in [0.15, 0.2) is 84.9 Å². The Morgan fingerprint density at radius 3 is 2.06 bits per heavy atom. The van der Waals surface area contributed by atoms with E-state index in [9.17, 15) is 22.8 Å². The van der Waals surface area contributed by atoms with Gasteiger partial charge in [-0.25, -0.2) is 0 Å². The van der Waals surface area contributed by atoms with E-state index in [1.54, 1.807) is 36.4 Å². The molecule has 4 rings (SSSR count). The molecule has 0 heterocycles. The number of amides is 2. The van der Waals surface area contributed by atoms with Gasteiger partial charge in [0, 0.05) is 5.56 Å².